The Kier molecular flexibility index (Phi) is 4.08. The molecular weight excluding hydrogens is 194 g/mol. The van der Waals surface area contributed by atoms with Crippen LogP contribution in [-0.2, 0) is 6.42 Å². The van der Waals surface area contributed by atoms with Crippen LogP contribution in [0.1, 0.15) is 37.4 Å². The molecule has 1 unspecified atom stereocenters. The van der Waals surface area contributed by atoms with E-state index in [1.54, 1.807) is 11.3 Å². The standard InChI is InChI=1S/C11H19NOS/c1-4-5-11(3,8-13)6-10-7-14-9(2)12-10/h7,13H,4-6,8H2,1-3H3. The Bertz CT molecular complexity index is 285. The number of aromatic nitrogens is 1. The highest BCUT2D eigenvalue weighted by atomic mass is 32.1. The lowest BCUT2D eigenvalue weighted by Crippen LogP contribution is -2.24. The van der Waals surface area contributed by atoms with E-state index >= 15 is 0 Å². The fourth-order valence-corrected chi connectivity index (χ4v) is 2.37. The number of hydrogen-bond donors (Lipinski definition) is 1. The van der Waals surface area contributed by atoms with Crippen LogP contribution in [0.3, 0.4) is 0 Å². The van der Waals surface area contributed by atoms with Crippen LogP contribution in [0.2, 0.25) is 0 Å². The molecule has 2 nitrogen and oxygen atoms in total. The summed E-state index contributed by atoms with van der Waals surface area (Å²) in [6, 6.07) is 0. The number of rotatable bonds is 5. The minimum absolute atomic E-state index is 0.00919. The fourth-order valence-electron chi connectivity index (χ4n) is 1.75. The molecule has 0 saturated carbocycles. The molecule has 14 heavy (non-hydrogen) atoms. The lowest BCUT2D eigenvalue weighted by molar-refractivity contribution is 0.130. The first-order valence-electron chi connectivity index (χ1n) is 5.11. The van der Waals surface area contributed by atoms with Crippen molar-refractivity contribution in [2.24, 2.45) is 5.41 Å². The summed E-state index contributed by atoms with van der Waals surface area (Å²) in [4.78, 5) is 4.43. The Balaban J connectivity index is 2.64. The maximum Gasteiger partial charge on any atom is 0.0897 e. The van der Waals surface area contributed by atoms with Crippen LogP contribution in [0.25, 0.3) is 0 Å². The quantitative estimate of drug-likeness (QED) is 0.816. The normalized spacial score (nSPS) is 15.4. The second-order valence-corrected chi connectivity index (χ2v) is 5.32. The smallest absolute Gasteiger partial charge is 0.0897 e. The van der Waals surface area contributed by atoms with Gasteiger partial charge in [-0.2, -0.15) is 0 Å². The van der Waals surface area contributed by atoms with E-state index in [2.05, 4.69) is 24.2 Å². The highest BCUT2D eigenvalue weighted by Gasteiger charge is 2.23. The SMILES string of the molecule is CCCC(C)(CO)Cc1csc(C)n1. The number of aryl methyl sites for hydroxylation is 1. The summed E-state index contributed by atoms with van der Waals surface area (Å²) in [6.45, 7) is 6.55. The van der Waals surface area contributed by atoms with Gasteiger partial charge < -0.3 is 5.11 Å². The van der Waals surface area contributed by atoms with Crippen molar-refractivity contribution in [2.45, 2.75) is 40.0 Å². The van der Waals surface area contributed by atoms with Gasteiger partial charge in [0.1, 0.15) is 0 Å². The predicted molar refractivity (Wildman–Crippen MR) is 60.7 cm³/mol. The average molecular weight is 213 g/mol. The molecule has 0 aliphatic heterocycles. The zero-order chi connectivity index (χ0) is 10.6. The van der Waals surface area contributed by atoms with E-state index in [4.69, 9.17) is 0 Å². The van der Waals surface area contributed by atoms with Crippen LogP contribution >= 0.6 is 11.3 Å². The Morgan fingerprint density at radius 2 is 2.29 bits per heavy atom. The third-order valence-corrected chi connectivity index (χ3v) is 3.33. The lowest BCUT2D eigenvalue weighted by atomic mass is 9.82. The molecule has 0 aliphatic rings. The van der Waals surface area contributed by atoms with Crippen LogP contribution < -0.4 is 0 Å². The number of aliphatic hydroxyl groups excluding tert-OH is 1. The second-order valence-electron chi connectivity index (χ2n) is 4.25. The van der Waals surface area contributed by atoms with Crippen molar-refractivity contribution < 1.29 is 5.11 Å². The summed E-state index contributed by atoms with van der Waals surface area (Å²) < 4.78 is 0. The Labute approximate surface area is 90.0 Å². The summed E-state index contributed by atoms with van der Waals surface area (Å²) in [5.41, 5.74) is 1.13. The minimum atomic E-state index is 0.00919. The van der Waals surface area contributed by atoms with Gasteiger partial charge in [0.2, 0.25) is 0 Å². The highest BCUT2D eigenvalue weighted by molar-refractivity contribution is 7.09. The number of aliphatic hydroxyl groups is 1. The van der Waals surface area contributed by atoms with Crippen LogP contribution in [0.15, 0.2) is 5.38 Å². The van der Waals surface area contributed by atoms with Gasteiger partial charge in [-0.3, -0.25) is 0 Å². The maximum absolute atomic E-state index is 9.36. The molecule has 0 bridgehead atoms. The lowest BCUT2D eigenvalue weighted by Gasteiger charge is -2.25. The van der Waals surface area contributed by atoms with Gasteiger partial charge in [-0.25, -0.2) is 4.98 Å². The molecule has 1 aromatic heterocycles. The Hall–Kier alpha value is -0.410. The van der Waals surface area contributed by atoms with Crippen molar-refractivity contribution in [3.8, 4) is 0 Å². The fraction of sp³-hybridized carbons (Fsp3) is 0.727. The Morgan fingerprint density at radius 1 is 1.57 bits per heavy atom. The van der Waals surface area contributed by atoms with E-state index in [1.165, 1.54) is 0 Å². The molecule has 0 radical (unpaired) electrons. The first-order valence-corrected chi connectivity index (χ1v) is 5.99. The zero-order valence-electron chi connectivity index (χ0n) is 9.21. The van der Waals surface area contributed by atoms with Gasteiger partial charge in [0.05, 0.1) is 10.7 Å². The molecule has 3 heteroatoms. The van der Waals surface area contributed by atoms with Gasteiger partial charge in [0.25, 0.3) is 0 Å². The van der Waals surface area contributed by atoms with Gasteiger partial charge in [-0.15, -0.1) is 11.3 Å². The zero-order valence-corrected chi connectivity index (χ0v) is 10.0. The van der Waals surface area contributed by atoms with Crippen LogP contribution in [-0.4, -0.2) is 16.7 Å². The molecule has 1 rings (SSSR count). The molecular formula is C11H19NOS. The molecule has 1 heterocycles. The van der Waals surface area contributed by atoms with E-state index in [0.29, 0.717) is 0 Å². The van der Waals surface area contributed by atoms with Crippen LogP contribution in [0.4, 0.5) is 0 Å². The molecule has 1 aromatic rings. The summed E-state index contributed by atoms with van der Waals surface area (Å²) in [5.74, 6) is 0. The van der Waals surface area contributed by atoms with Crippen molar-refractivity contribution in [3.05, 3.63) is 16.1 Å². The van der Waals surface area contributed by atoms with E-state index in [1.807, 2.05) is 6.92 Å². The first kappa shape index (κ1) is 11.7. The van der Waals surface area contributed by atoms with E-state index in [9.17, 15) is 5.11 Å². The summed E-state index contributed by atoms with van der Waals surface area (Å²) in [5, 5.41) is 12.6. The van der Waals surface area contributed by atoms with Crippen molar-refractivity contribution >= 4 is 11.3 Å². The number of hydrogen-bond acceptors (Lipinski definition) is 3. The molecule has 1 atom stereocenters. The monoisotopic (exact) mass is 213 g/mol. The average Bonchev–Trinajstić information content (AvgIpc) is 2.51. The van der Waals surface area contributed by atoms with Gasteiger partial charge in [0, 0.05) is 12.0 Å². The van der Waals surface area contributed by atoms with E-state index < -0.39 is 0 Å². The molecule has 1 N–H and O–H groups in total. The molecule has 0 spiro atoms. The summed E-state index contributed by atoms with van der Waals surface area (Å²) in [7, 11) is 0. The summed E-state index contributed by atoms with van der Waals surface area (Å²) in [6.07, 6.45) is 3.06. The van der Waals surface area contributed by atoms with Gasteiger partial charge in [0.15, 0.2) is 0 Å². The second kappa shape index (κ2) is 4.89. The van der Waals surface area contributed by atoms with Crippen LogP contribution in [0, 0.1) is 12.3 Å². The topological polar surface area (TPSA) is 33.1 Å². The molecule has 80 valence electrons. The molecule has 0 fully saturated rings. The molecule has 0 saturated heterocycles. The minimum Gasteiger partial charge on any atom is -0.396 e. The van der Waals surface area contributed by atoms with Crippen molar-refractivity contribution in [1.82, 2.24) is 4.98 Å². The van der Waals surface area contributed by atoms with Crippen molar-refractivity contribution in [2.75, 3.05) is 6.61 Å². The summed E-state index contributed by atoms with van der Waals surface area (Å²) >= 11 is 1.68. The highest BCUT2D eigenvalue weighted by Crippen LogP contribution is 2.27. The molecule has 0 aromatic carbocycles. The predicted octanol–water partition coefficient (Wildman–Crippen LogP) is 2.79. The third-order valence-electron chi connectivity index (χ3n) is 2.51. The largest absolute Gasteiger partial charge is 0.396 e. The number of thiazole rings is 1. The Morgan fingerprint density at radius 3 is 2.71 bits per heavy atom. The van der Waals surface area contributed by atoms with Crippen molar-refractivity contribution in [3.63, 3.8) is 0 Å². The third kappa shape index (κ3) is 3.07. The number of nitrogens with zero attached hydrogens (tertiary/aromatic N) is 1. The van der Waals surface area contributed by atoms with E-state index in [-0.39, 0.29) is 12.0 Å². The first-order chi connectivity index (χ1) is 6.59. The van der Waals surface area contributed by atoms with Crippen molar-refractivity contribution in [1.29, 1.82) is 0 Å². The molecule has 0 amide bonds. The van der Waals surface area contributed by atoms with Crippen LogP contribution in [0.5, 0.6) is 0 Å². The van der Waals surface area contributed by atoms with Gasteiger partial charge >= 0.3 is 0 Å². The van der Waals surface area contributed by atoms with Gasteiger partial charge in [-0.1, -0.05) is 20.3 Å². The molecule has 0 aliphatic carbocycles. The van der Waals surface area contributed by atoms with Gasteiger partial charge in [-0.05, 0) is 25.2 Å². The van der Waals surface area contributed by atoms with E-state index in [0.717, 1.165) is 30.0 Å². The maximum atomic E-state index is 9.36.